The van der Waals surface area contributed by atoms with Gasteiger partial charge < -0.3 is 20.1 Å². The summed E-state index contributed by atoms with van der Waals surface area (Å²) in [5, 5.41) is 7.08. The molecule has 1 atom stereocenters. The van der Waals surface area contributed by atoms with Crippen LogP contribution in [0.2, 0.25) is 0 Å². The van der Waals surface area contributed by atoms with Crippen molar-refractivity contribution in [3.63, 3.8) is 0 Å². The van der Waals surface area contributed by atoms with Gasteiger partial charge in [-0.05, 0) is 53.5 Å². The molecule has 6 heteroatoms. The number of halogens is 1. The molecule has 0 unspecified atom stereocenters. The van der Waals surface area contributed by atoms with E-state index in [1.165, 1.54) is 12.1 Å². The monoisotopic (exact) mass is 360 g/mol. The molecular formula is C19H21FN2O2S. The minimum absolute atomic E-state index is 0.0114. The van der Waals surface area contributed by atoms with Crippen molar-refractivity contribution in [1.82, 2.24) is 10.6 Å². The zero-order valence-corrected chi connectivity index (χ0v) is 15.0. The van der Waals surface area contributed by atoms with E-state index < -0.39 is 0 Å². The Morgan fingerprint density at radius 3 is 2.56 bits per heavy atom. The Morgan fingerprint density at radius 2 is 1.84 bits per heavy atom. The first kappa shape index (κ1) is 17.5. The van der Waals surface area contributed by atoms with Crippen molar-refractivity contribution in [1.29, 1.82) is 0 Å². The van der Waals surface area contributed by atoms with Crippen LogP contribution in [-0.4, -0.2) is 11.9 Å². The molecule has 3 rings (SSSR count). The van der Waals surface area contributed by atoms with Crippen molar-refractivity contribution in [2.45, 2.75) is 26.4 Å². The summed E-state index contributed by atoms with van der Waals surface area (Å²) in [6, 6.07) is 12.3. The summed E-state index contributed by atoms with van der Waals surface area (Å²) >= 11 is 5.42. The number of nitrogens with one attached hydrogen (secondary N) is 2. The standard InChI is InChI=1S/C19H21FN2O2S/c1-12(2)18(14-4-6-15(20)7-5-14)22-19(25)21-10-13-3-8-16-17(9-13)24-11-23-16/h3-9,12,18H,10-11H2,1-2H3,(H2,21,22,25)/t18-/m1/s1. The molecule has 4 nitrogen and oxygen atoms in total. The third kappa shape index (κ3) is 4.39. The predicted octanol–water partition coefficient (Wildman–Crippen LogP) is 3.92. The summed E-state index contributed by atoms with van der Waals surface area (Å²) in [5.74, 6) is 1.58. The third-order valence-electron chi connectivity index (χ3n) is 4.07. The van der Waals surface area contributed by atoms with Crippen molar-refractivity contribution in [2.24, 2.45) is 5.92 Å². The van der Waals surface area contributed by atoms with Gasteiger partial charge in [0.25, 0.3) is 0 Å². The molecule has 0 spiro atoms. The van der Waals surface area contributed by atoms with Crippen LogP contribution in [0.15, 0.2) is 42.5 Å². The molecule has 1 aliphatic heterocycles. The Balaban J connectivity index is 1.59. The van der Waals surface area contributed by atoms with Crippen molar-refractivity contribution < 1.29 is 13.9 Å². The first-order valence-corrected chi connectivity index (χ1v) is 8.62. The second-order valence-corrected chi connectivity index (χ2v) is 6.70. The Bertz CT molecular complexity index is 750. The Hall–Kier alpha value is -2.34. The molecule has 1 aliphatic rings. The van der Waals surface area contributed by atoms with Gasteiger partial charge in [-0.1, -0.05) is 32.0 Å². The average molecular weight is 360 g/mol. The summed E-state index contributed by atoms with van der Waals surface area (Å²) < 4.78 is 23.8. The molecular weight excluding hydrogens is 339 g/mol. The van der Waals surface area contributed by atoms with Gasteiger partial charge in [0.15, 0.2) is 16.6 Å². The highest BCUT2D eigenvalue weighted by atomic mass is 32.1. The van der Waals surface area contributed by atoms with Crippen LogP contribution in [0.5, 0.6) is 11.5 Å². The lowest BCUT2D eigenvalue weighted by Gasteiger charge is -2.25. The van der Waals surface area contributed by atoms with Gasteiger partial charge in [-0.3, -0.25) is 0 Å². The van der Waals surface area contributed by atoms with Gasteiger partial charge in [0.05, 0.1) is 6.04 Å². The summed E-state index contributed by atoms with van der Waals surface area (Å²) in [6.45, 7) is 5.04. The molecule has 132 valence electrons. The zero-order chi connectivity index (χ0) is 17.8. The Labute approximate surface area is 152 Å². The summed E-state index contributed by atoms with van der Waals surface area (Å²) in [5.41, 5.74) is 2.06. The van der Waals surface area contributed by atoms with Gasteiger partial charge in [0.1, 0.15) is 5.82 Å². The van der Waals surface area contributed by atoms with E-state index in [1.807, 2.05) is 18.2 Å². The molecule has 0 bridgehead atoms. The lowest BCUT2D eigenvalue weighted by atomic mass is 9.96. The molecule has 0 radical (unpaired) electrons. The van der Waals surface area contributed by atoms with Crippen LogP contribution >= 0.6 is 12.2 Å². The van der Waals surface area contributed by atoms with Crippen molar-refractivity contribution in [3.05, 3.63) is 59.4 Å². The molecule has 2 aromatic rings. The molecule has 0 aromatic heterocycles. The molecule has 0 saturated heterocycles. The molecule has 2 N–H and O–H groups in total. The number of hydrogen-bond acceptors (Lipinski definition) is 3. The molecule has 0 saturated carbocycles. The van der Waals surface area contributed by atoms with Gasteiger partial charge in [-0.15, -0.1) is 0 Å². The van der Waals surface area contributed by atoms with Crippen LogP contribution < -0.4 is 20.1 Å². The highest BCUT2D eigenvalue weighted by Crippen LogP contribution is 2.32. The lowest BCUT2D eigenvalue weighted by Crippen LogP contribution is -2.39. The molecule has 25 heavy (non-hydrogen) atoms. The molecule has 0 amide bonds. The fourth-order valence-electron chi connectivity index (χ4n) is 2.73. The Kier molecular flexibility index (Phi) is 5.38. The van der Waals surface area contributed by atoms with Gasteiger partial charge in [0, 0.05) is 6.54 Å². The highest BCUT2D eigenvalue weighted by Gasteiger charge is 2.17. The molecule has 0 aliphatic carbocycles. The molecule has 2 aromatic carbocycles. The van der Waals surface area contributed by atoms with E-state index in [9.17, 15) is 4.39 Å². The van der Waals surface area contributed by atoms with Crippen LogP contribution in [0, 0.1) is 11.7 Å². The predicted molar refractivity (Wildman–Crippen MR) is 99.1 cm³/mol. The van der Waals surface area contributed by atoms with Crippen molar-refractivity contribution in [3.8, 4) is 11.5 Å². The maximum atomic E-state index is 13.1. The highest BCUT2D eigenvalue weighted by molar-refractivity contribution is 7.80. The quantitative estimate of drug-likeness (QED) is 0.791. The van der Waals surface area contributed by atoms with E-state index in [-0.39, 0.29) is 18.7 Å². The molecule has 0 fully saturated rings. The average Bonchev–Trinajstić information content (AvgIpc) is 3.06. The van der Waals surface area contributed by atoms with Gasteiger partial charge in [-0.2, -0.15) is 0 Å². The van der Waals surface area contributed by atoms with E-state index in [4.69, 9.17) is 21.7 Å². The van der Waals surface area contributed by atoms with Gasteiger partial charge in [0.2, 0.25) is 6.79 Å². The maximum Gasteiger partial charge on any atom is 0.231 e. The topological polar surface area (TPSA) is 42.5 Å². The number of rotatable bonds is 5. The van der Waals surface area contributed by atoms with E-state index in [0.717, 1.165) is 22.6 Å². The van der Waals surface area contributed by atoms with Gasteiger partial charge >= 0.3 is 0 Å². The SMILES string of the molecule is CC(C)[C@@H](NC(=S)NCc1ccc2c(c1)OCO2)c1ccc(F)cc1. The van der Waals surface area contributed by atoms with Crippen LogP contribution in [0.1, 0.15) is 31.0 Å². The number of benzene rings is 2. The summed E-state index contributed by atoms with van der Waals surface area (Å²) in [4.78, 5) is 0. The largest absolute Gasteiger partial charge is 0.454 e. The van der Waals surface area contributed by atoms with Crippen LogP contribution in [0.4, 0.5) is 4.39 Å². The number of thiocarbonyl (C=S) groups is 1. The zero-order valence-electron chi connectivity index (χ0n) is 14.2. The second kappa shape index (κ2) is 7.70. The third-order valence-corrected chi connectivity index (χ3v) is 4.33. The smallest absolute Gasteiger partial charge is 0.231 e. The normalized spacial score (nSPS) is 13.6. The summed E-state index contributed by atoms with van der Waals surface area (Å²) in [7, 11) is 0. The fourth-order valence-corrected chi connectivity index (χ4v) is 2.93. The fraction of sp³-hybridized carbons (Fsp3) is 0.316. The van der Waals surface area contributed by atoms with Crippen LogP contribution in [0.3, 0.4) is 0 Å². The minimum atomic E-state index is -0.241. The summed E-state index contributed by atoms with van der Waals surface area (Å²) in [6.07, 6.45) is 0. The second-order valence-electron chi connectivity index (χ2n) is 6.29. The maximum absolute atomic E-state index is 13.1. The van der Waals surface area contributed by atoms with Crippen LogP contribution in [-0.2, 0) is 6.54 Å². The number of ether oxygens (including phenoxy) is 2. The molecule has 1 heterocycles. The van der Waals surface area contributed by atoms with E-state index >= 15 is 0 Å². The van der Waals surface area contributed by atoms with Gasteiger partial charge in [-0.25, -0.2) is 4.39 Å². The number of fused-ring (bicyclic) bond motifs is 1. The lowest BCUT2D eigenvalue weighted by molar-refractivity contribution is 0.174. The Morgan fingerprint density at radius 1 is 1.12 bits per heavy atom. The first-order chi connectivity index (χ1) is 12.0. The van der Waals surface area contributed by atoms with E-state index in [2.05, 4.69) is 24.5 Å². The van der Waals surface area contributed by atoms with E-state index in [1.54, 1.807) is 12.1 Å². The van der Waals surface area contributed by atoms with Crippen LogP contribution in [0.25, 0.3) is 0 Å². The first-order valence-electron chi connectivity index (χ1n) is 8.21. The minimum Gasteiger partial charge on any atom is -0.454 e. The van der Waals surface area contributed by atoms with Crippen molar-refractivity contribution >= 4 is 17.3 Å². The van der Waals surface area contributed by atoms with Crippen molar-refractivity contribution in [2.75, 3.05) is 6.79 Å². The number of hydrogen-bond donors (Lipinski definition) is 2. The van der Waals surface area contributed by atoms with E-state index in [0.29, 0.717) is 17.6 Å².